The largest absolute Gasteiger partial charge is 0.465 e. The molecule has 0 saturated carbocycles. The fraction of sp³-hybridized carbons (Fsp3) is 0.160. The Morgan fingerprint density at radius 1 is 1.06 bits per heavy atom. The minimum atomic E-state index is -0.432. The SMILES string of the molecule is CCOc1nc2c(C(=O)OC)cccc2n1Cc1ccc(-c2ccccc2C#N)cc1. The Bertz CT molecular complexity index is 1280. The predicted molar refractivity (Wildman–Crippen MR) is 118 cm³/mol. The molecule has 0 atom stereocenters. The molecule has 0 fully saturated rings. The molecular formula is C25H21N3O3. The lowest BCUT2D eigenvalue weighted by Crippen LogP contribution is -2.05. The van der Waals surface area contributed by atoms with E-state index in [-0.39, 0.29) is 0 Å². The molecular weight excluding hydrogens is 390 g/mol. The minimum absolute atomic E-state index is 0.406. The van der Waals surface area contributed by atoms with Gasteiger partial charge < -0.3 is 9.47 Å². The second-order valence-electron chi connectivity index (χ2n) is 6.93. The number of fused-ring (bicyclic) bond motifs is 1. The van der Waals surface area contributed by atoms with Crippen molar-refractivity contribution in [2.45, 2.75) is 13.5 Å². The highest BCUT2D eigenvalue weighted by molar-refractivity contribution is 6.02. The van der Waals surface area contributed by atoms with E-state index < -0.39 is 5.97 Å². The van der Waals surface area contributed by atoms with Gasteiger partial charge in [-0.05, 0) is 41.8 Å². The van der Waals surface area contributed by atoms with Crippen molar-refractivity contribution in [3.63, 3.8) is 0 Å². The summed E-state index contributed by atoms with van der Waals surface area (Å²) in [6.45, 7) is 2.88. The molecule has 3 aromatic carbocycles. The standard InChI is InChI=1S/C25H21N3O3/c1-3-31-25-27-23-21(24(29)30-2)9-6-10-22(23)28(25)16-17-11-13-18(14-12-17)20-8-5-4-7-19(20)15-26/h4-14H,3,16H2,1-2H3. The molecule has 6 nitrogen and oxygen atoms in total. The summed E-state index contributed by atoms with van der Waals surface area (Å²) >= 11 is 0. The van der Waals surface area contributed by atoms with E-state index in [2.05, 4.69) is 11.1 Å². The molecule has 4 aromatic rings. The van der Waals surface area contributed by atoms with E-state index in [4.69, 9.17) is 9.47 Å². The molecule has 1 heterocycles. The molecule has 1 aromatic heterocycles. The van der Waals surface area contributed by atoms with E-state index in [1.165, 1.54) is 7.11 Å². The van der Waals surface area contributed by atoms with Crippen molar-refractivity contribution < 1.29 is 14.3 Å². The van der Waals surface area contributed by atoms with Gasteiger partial charge in [-0.25, -0.2) is 4.79 Å². The van der Waals surface area contributed by atoms with Gasteiger partial charge in [0, 0.05) is 0 Å². The van der Waals surface area contributed by atoms with Gasteiger partial charge in [-0.1, -0.05) is 48.5 Å². The first-order valence-corrected chi connectivity index (χ1v) is 9.95. The highest BCUT2D eigenvalue weighted by Gasteiger charge is 2.19. The lowest BCUT2D eigenvalue weighted by atomic mass is 9.99. The maximum atomic E-state index is 12.2. The van der Waals surface area contributed by atoms with Gasteiger partial charge in [0.15, 0.2) is 0 Å². The summed E-state index contributed by atoms with van der Waals surface area (Å²) in [5.41, 5.74) is 5.33. The Balaban J connectivity index is 1.72. The molecule has 31 heavy (non-hydrogen) atoms. The molecule has 0 aliphatic carbocycles. The van der Waals surface area contributed by atoms with Crippen LogP contribution in [0.2, 0.25) is 0 Å². The molecule has 0 aliphatic heterocycles. The Hall–Kier alpha value is -4.11. The van der Waals surface area contributed by atoms with Gasteiger partial charge in [0.05, 0.1) is 43.0 Å². The van der Waals surface area contributed by atoms with Crippen molar-refractivity contribution in [2.75, 3.05) is 13.7 Å². The zero-order chi connectivity index (χ0) is 21.8. The van der Waals surface area contributed by atoms with Gasteiger partial charge in [-0.15, -0.1) is 0 Å². The first-order chi connectivity index (χ1) is 15.2. The van der Waals surface area contributed by atoms with Crippen LogP contribution in [0.5, 0.6) is 6.01 Å². The molecule has 4 rings (SSSR count). The molecule has 0 amide bonds. The summed E-state index contributed by atoms with van der Waals surface area (Å²) in [7, 11) is 1.35. The summed E-state index contributed by atoms with van der Waals surface area (Å²) in [6, 6.07) is 23.7. The Labute approximate surface area is 180 Å². The summed E-state index contributed by atoms with van der Waals surface area (Å²) in [4.78, 5) is 16.7. The summed E-state index contributed by atoms with van der Waals surface area (Å²) in [5, 5.41) is 9.36. The topological polar surface area (TPSA) is 77.1 Å². The second kappa shape index (κ2) is 8.72. The van der Waals surface area contributed by atoms with Crippen LogP contribution in [0.15, 0.2) is 66.7 Å². The van der Waals surface area contributed by atoms with Crippen LogP contribution in [0, 0.1) is 11.3 Å². The number of methoxy groups -OCH3 is 1. The zero-order valence-electron chi connectivity index (χ0n) is 17.3. The number of nitriles is 1. The number of rotatable bonds is 6. The number of benzene rings is 3. The first-order valence-electron chi connectivity index (χ1n) is 9.95. The van der Waals surface area contributed by atoms with Crippen LogP contribution in [0.4, 0.5) is 0 Å². The van der Waals surface area contributed by atoms with Crippen LogP contribution in [-0.2, 0) is 11.3 Å². The molecule has 0 aliphatic rings. The van der Waals surface area contributed by atoms with Crippen molar-refractivity contribution in [1.82, 2.24) is 9.55 Å². The van der Waals surface area contributed by atoms with Gasteiger partial charge in [-0.2, -0.15) is 10.2 Å². The van der Waals surface area contributed by atoms with Gasteiger partial charge >= 0.3 is 5.97 Å². The number of hydrogen-bond acceptors (Lipinski definition) is 5. The van der Waals surface area contributed by atoms with Gasteiger partial charge in [0.25, 0.3) is 6.01 Å². The van der Waals surface area contributed by atoms with Crippen molar-refractivity contribution in [3.05, 3.63) is 83.4 Å². The van der Waals surface area contributed by atoms with Crippen molar-refractivity contribution in [2.24, 2.45) is 0 Å². The number of para-hydroxylation sites is 1. The highest BCUT2D eigenvalue weighted by Crippen LogP contribution is 2.28. The van der Waals surface area contributed by atoms with E-state index in [9.17, 15) is 10.1 Å². The maximum absolute atomic E-state index is 12.2. The average Bonchev–Trinajstić information content (AvgIpc) is 3.16. The van der Waals surface area contributed by atoms with Gasteiger partial charge in [-0.3, -0.25) is 4.57 Å². The molecule has 0 spiro atoms. The Morgan fingerprint density at radius 3 is 2.55 bits per heavy atom. The van der Waals surface area contributed by atoms with Crippen LogP contribution < -0.4 is 4.74 Å². The van der Waals surface area contributed by atoms with Crippen LogP contribution >= 0.6 is 0 Å². The van der Waals surface area contributed by atoms with Crippen LogP contribution in [0.25, 0.3) is 22.2 Å². The van der Waals surface area contributed by atoms with Crippen molar-refractivity contribution in [3.8, 4) is 23.2 Å². The number of imidazole rings is 1. The highest BCUT2D eigenvalue weighted by atomic mass is 16.5. The lowest BCUT2D eigenvalue weighted by molar-refractivity contribution is 0.0603. The minimum Gasteiger partial charge on any atom is -0.465 e. The zero-order valence-corrected chi connectivity index (χ0v) is 17.3. The molecule has 0 saturated heterocycles. The smallest absolute Gasteiger partial charge is 0.340 e. The number of esters is 1. The number of ether oxygens (including phenoxy) is 2. The molecule has 6 heteroatoms. The fourth-order valence-electron chi connectivity index (χ4n) is 3.60. The molecule has 0 N–H and O–H groups in total. The number of carbonyl (C=O) groups is 1. The number of nitrogens with zero attached hydrogens (tertiary/aromatic N) is 3. The quantitative estimate of drug-likeness (QED) is 0.426. The van der Waals surface area contributed by atoms with E-state index in [0.717, 1.165) is 22.2 Å². The molecule has 154 valence electrons. The van der Waals surface area contributed by atoms with Gasteiger partial charge in [0.2, 0.25) is 0 Å². The van der Waals surface area contributed by atoms with Crippen LogP contribution in [0.3, 0.4) is 0 Å². The van der Waals surface area contributed by atoms with E-state index in [1.54, 1.807) is 6.07 Å². The van der Waals surface area contributed by atoms with E-state index in [0.29, 0.717) is 35.8 Å². The third-order valence-electron chi connectivity index (χ3n) is 5.08. The second-order valence-corrected chi connectivity index (χ2v) is 6.93. The van der Waals surface area contributed by atoms with Crippen LogP contribution in [0.1, 0.15) is 28.4 Å². The van der Waals surface area contributed by atoms with E-state index in [1.807, 2.05) is 72.2 Å². The summed E-state index contributed by atoms with van der Waals surface area (Å²) in [5.74, 6) is -0.432. The summed E-state index contributed by atoms with van der Waals surface area (Å²) < 4.78 is 12.6. The van der Waals surface area contributed by atoms with Crippen molar-refractivity contribution >= 4 is 17.0 Å². The number of hydrogen-bond donors (Lipinski definition) is 0. The Kier molecular flexibility index (Phi) is 5.67. The molecule has 0 unspecified atom stereocenters. The third-order valence-corrected chi connectivity index (χ3v) is 5.08. The summed E-state index contributed by atoms with van der Waals surface area (Å²) in [6.07, 6.45) is 0. The monoisotopic (exact) mass is 411 g/mol. The van der Waals surface area contributed by atoms with Crippen LogP contribution in [-0.4, -0.2) is 29.2 Å². The maximum Gasteiger partial charge on any atom is 0.340 e. The molecule has 0 bridgehead atoms. The van der Waals surface area contributed by atoms with Gasteiger partial charge in [0.1, 0.15) is 5.52 Å². The first kappa shape index (κ1) is 20.2. The number of carbonyl (C=O) groups excluding carboxylic acids is 1. The predicted octanol–water partition coefficient (Wildman–Crippen LogP) is 4.81. The molecule has 0 radical (unpaired) electrons. The van der Waals surface area contributed by atoms with E-state index >= 15 is 0 Å². The normalized spacial score (nSPS) is 10.6. The Morgan fingerprint density at radius 2 is 1.84 bits per heavy atom. The number of aromatic nitrogens is 2. The third kappa shape index (κ3) is 3.86. The average molecular weight is 411 g/mol. The lowest BCUT2D eigenvalue weighted by Gasteiger charge is -2.10. The van der Waals surface area contributed by atoms with Crippen molar-refractivity contribution in [1.29, 1.82) is 5.26 Å². The fourth-order valence-corrected chi connectivity index (χ4v) is 3.60.